The Morgan fingerprint density at radius 1 is 1.12 bits per heavy atom. The minimum Gasteiger partial charge on any atom is -0.135 e. The first-order valence-corrected chi connectivity index (χ1v) is 6.15. The lowest BCUT2D eigenvalue weighted by Gasteiger charge is -1.98. The topological polar surface area (TPSA) is 0 Å². The van der Waals surface area contributed by atoms with Crippen LogP contribution in [0.4, 0.5) is 0 Å². The molecule has 0 saturated carbocycles. The van der Waals surface area contributed by atoms with Gasteiger partial charge in [-0.05, 0) is 30.7 Å². The van der Waals surface area contributed by atoms with Gasteiger partial charge in [-0.1, -0.05) is 36.4 Å². The van der Waals surface area contributed by atoms with E-state index in [-0.39, 0.29) is 0 Å². The highest BCUT2D eigenvalue weighted by Crippen LogP contribution is 2.36. The number of aryl methyl sites for hydroxylation is 1. The van der Waals surface area contributed by atoms with Crippen LogP contribution < -0.4 is 0 Å². The van der Waals surface area contributed by atoms with Gasteiger partial charge in [0.2, 0.25) is 0 Å². The molecule has 0 aliphatic carbocycles. The standard InChI is InChI=1S/C15H12S/c1-3-11-5-4-6-14-15(11)12-9-10(2)7-8-13(12)16-14/h3-9H,1H2,2H3. The van der Waals surface area contributed by atoms with Crippen LogP contribution >= 0.6 is 11.3 Å². The Balaban J connectivity index is 2.59. The summed E-state index contributed by atoms with van der Waals surface area (Å²) < 4.78 is 2.70. The summed E-state index contributed by atoms with van der Waals surface area (Å²) in [6, 6.07) is 13.1. The van der Waals surface area contributed by atoms with E-state index in [1.165, 1.54) is 31.3 Å². The molecule has 3 aromatic rings. The number of fused-ring (bicyclic) bond motifs is 3. The highest BCUT2D eigenvalue weighted by atomic mass is 32.1. The van der Waals surface area contributed by atoms with E-state index in [1.807, 2.05) is 17.4 Å². The molecule has 0 amide bonds. The minimum absolute atomic E-state index is 1.23. The lowest BCUT2D eigenvalue weighted by molar-refractivity contribution is 1.52. The first kappa shape index (κ1) is 9.61. The summed E-state index contributed by atoms with van der Waals surface area (Å²) in [5.74, 6) is 0. The molecule has 0 N–H and O–H groups in total. The molecule has 1 heterocycles. The number of benzene rings is 2. The summed E-state index contributed by atoms with van der Waals surface area (Å²) in [5, 5.41) is 2.71. The van der Waals surface area contributed by atoms with Crippen molar-refractivity contribution < 1.29 is 0 Å². The predicted octanol–water partition coefficient (Wildman–Crippen LogP) is 5.01. The summed E-state index contributed by atoms with van der Waals surface area (Å²) in [4.78, 5) is 0. The second-order valence-corrected chi connectivity index (χ2v) is 5.11. The lowest BCUT2D eigenvalue weighted by atomic mass is 10.1. The molecular weight excluding hydrogens is 212 g/mol. The largest absolute Gasteiger partial charge is 0.135 e. The molecule has 0 bridgehead atoms. The number of hydrogen-bond acceptors (Lipinski definition) is 1. The fourth-order valence-corrected chi connectivity index (χ4v) is 3.26. The van der Waals surface area contributed by atoms with Crippen LogP contribution in [0.25, 0.3) is 26.2 Å². The van der Waals surface area contributed by atoms with E-state index in [0.29, 0.717) is 0 Å². The number of hydrogen-bond donors (Lipinski definition) is 0. The smallest absolute Gasteiger partial charge is 0.0361 e. The normalized spacial score (nSPS) is 11.1. The Morgan fingerprint density at radius 2 is 2.00 bits per heavy atom. The predicted molar refractivity (Wildman–Crippen MR) is 74.2 cm³/mol. The first-order valence-electron chi connectivity index (χ1n) is 5.34. The molecule has 0 spiro atoms. The SMILES string of the molecule is C=Cc1cccc2sc3ccc(C)cc3c12. The van der Waals surface area contributed by atoms with E-state index in [4.69, 9.17) is 0 Å². The second-order valence-electron chi connectivity index (χ2n) is 4.03. The molecule has 1 heteroatoms. The van der Waals surface area contributed by atoms with E-state index in [0.717, 1.165) is 0 Å². The van der Waals surface area contributed by atoms with Crippen LogP contribution in [0.3, 0.4) is 0 Å². The van der Waals surface area contributed by atoms with Crippen molar-refractivity contribution in [2.75, 3.05) is 0 Å². The zero-order chi connectivity index (χ0) is 11.1. The van der Waals surface area contributed by atoms with Crippen molar-refractivity contribution in [2.24, 2.45) is 0 Å². The van der Waals surface area contributed by atoms with Gasteiger partial charge in [-0.3, -0.25) is 0 Å². The Hall–Kier alpha value is -1.60. The molecule has 1 aromatic heterocycles. The van der Waals surface area contributed by atoms with E-state index in [9.17, 15) is 0 Å². The van der Waals surface area contributed by atoms with Gasteiger partial charge < -0.3 is 0 Å². The third-order valence-corrected chi connectivity index (χ3v) is 4.04. The lowest BCUT2D eigenvalue weighted by Crippen LogP contribution is -1.74. The molecule has 0 atom stereocenters. The average molecular weight is 224 g/mol. The molecule has 0 nitrogen and oxygen atoms in total. The quantitative estimate of drug-likeness (QED) is 0.545. The Kier molecular flexibility index (Phi) is 2.08. The maximum Gasteiger partial charge on any atom is 0.0361 e. The van der Waals surface area contributed by atoms with Crippen LogP contribution in [-0.2, 0) is 0 Å². The van der Waals surface area contributed by atoms with Crippen molar-refractivity contribution in [1.29, 1.82) is 0 Å². The molecule has 0 unspecified atom stereocenters. The van der Waals surface area contributed by atoms with Gasteiger partial charge in [0, 0.05) is 20.2 Å². The van der Waals surface area contributed by atoms with Crippen LogP contribution in [0.5, 0.6) is 0 Å². The zero-order valence-electron chi connectivity index (χ0n) is 9.16. The van der Waals surface area contributed by atoms with Gasteiger partial charge in [-0.2, -0.15) is 0 Å². The third kappa shape index (κ3) is 1.29. The molecule has 0 radical (unpaired) electrons. The molecule has 0 aliphatic rings. The zero-order valence-corrected chi connectivity index (χ0v) is 9.97. The van der Waals surface area contributed by atoms with E-state index >= 15 is 0 Å². The maximum atomic E-state index is 3.89. The third-order valence-electron chi connectivity index (χ3n) is 2.90. The number of rotatable bonds is 1. The molecule has 78 valence electrons. The summed E-state index contributed by atoms with van der Waals surface area (Å²) in [7, 11) is 0. The summed E-state index contributed by atoms with van der Waals surface area (Å²) in [6.07, 6.45) is 1.94. The van der Waals surface area contributed by atoms with Gasteiger partial charge in [0.05, 0.1) is 0 Å². The van der Waals surface area contributed by atoms with Crippen LogP contribution in [0.1, 0.15) is 11.1 Å². The molecule has 3 rings (SSSR count). The van der Waals surface area contributed by atoms with E-state index < -0.39 is 0 Å². The van der Waals surface area contributed by atoms with Crippen LogP contribution in [0.15, 0.2) is 43.0 Å². The maximum absolute atomic E-state index is 3.89. The van der Waals surface area contributed by atoms with Crippen molar-refractivity contribution >= 4 is 37.6 Å². The minimum atomic E-state index is 1.23. The van der Waals surface area contributed by atoms with Gasteiger partial charge in [0.1, 0.15) is 0 Å². The Morgan fingerprint density at radius 3 is 2.81 bits per heavy atom. The fourth-order valence-electron chi connectivity index (χ4n) is 2.14. The van der Waals surface area contributed by atoms with Gasteiger partial charge in [0.25, 0.3) is 0 Å². The highest BCUT2D eigenvalue weighted by Gasteiger charge is 2.07. The summed E-state index contributed by atoms with van der Waals surface area (Å²) in [6.45, 7) is 6.03. The molecule has 2 aromatic carbocycles. The molecule has 16 heavy (non-hydrogen) atoms. The first-order chi connectivity index (χ1) is 7.79. The second kappa shape index (κ2) is 3.46. The van der Waals surface area contributed by atoms with Gasteiger partial charge in [-0.15, -0.1) is 11.3 Å². The Labute approximate surface area is 98.8 Å². The van der Waals surface area contributed by atoms with Crippen molar-refractivity contribution in [2.45, 2.75) is 6.92 Å². The molecule has 0 aliphatic heterocycles. The van der Waals surface area contributed by atoms with Crippen molar-refractivity contribution in [3.8, 4) is 0 Å². The molecule has 0 saturated heterocycles. The average Bonchev–Trinajstić information content (AvgIpc) is 2.66. The molecule has 0 fully saturated rings. The van der Waals surface area contributed by atoms with Crippen LogP contribution in [0, 0.1) is 6.92 Å². The molecular formula is C15H12S. The fraction of sp³-hybridized carbons (Fsp3) is 0.0667. The van der Waals surface area contributed by atoms with Gasteiger partial charge in [-0.25, -0.2) is 0 Å². The highest BCUT2D eigenvalue weighted by molar-refractivity contribution is 7.25. The van der Waals surface area contributed by atoms with Crippen LogP contribution in [-0.4, -0.2) is 0 Å². The summed E-state index contributed by atoms with van der Waals surface area (Å²) >= 11 is 1.85. The van der Waals surface area contributed by atoms with Gasteiger partial charge in [0.15, 0.2) is 0 Å². The van der Waals surface area contributed by atoms with E-state index in [1.54, 1.807) is 0 Å². The van der Waals surface area contributed by atoms with Crippen molar-refractivity contribution in [1.82, 2.24) is 0 Å². The van der Waals surface area contributed by atoms with Gasteiger partial charge >= 0.3 is 0 Å². The number of thiophene rings is 1. The van der Waals surface area contributed by atoms with Crippen molar-refractivity contribution in [3.63, 3.8) is 0 Å². The monoisotopic (exact) mass is 224 g/mol. The van der Waals surface area contributed by atoms with Crippen LogP contribution in [0.2, 0.25) is 0 Å². The Bertz CT molecular complexity index is 689. The van der Waals surface area contributed by atoms with E-state index in [2.05, 4.69) is 49.9 Å². The van der Waals surface area contributed by atoms with Crippen molar-refractivity contribution in [3.05, 3.63) is 54.1 Å². The summed E-state index contributed by atoms with van der Waals surface area (Å²) in [5.41, 5.74) is 2.54.